The number of halogens is 2. The number of fused-ring (bicyclic) bond motifs is 1. The third-order valence-corrected chi connectivity index (χ3v) is 6.65. The lowest BCUT2D eigenvalue weighted by atomic mass is 10.1. The van der Waals surface area contributed by atoms with Crippen molar-refractivity contribution >= 4 is 22.8 Å². The van der Waals surface area contributed by atoms with E-state index in [9.17, 15) is 8.78 Å². The van der Waals surface area contributed by atoms with Gasteiger partial charge in [0, 0.05) is 31.5 Å². The number of nitriles is 1. The number of piperidine rings is 1. The summed E-state index contributed by atoms with van der Waals surface area (Å²) in [5.74, 6) is 1.63. The zero-order chi connectivity index (χ0) is 28.3. The van der Waals surface area contributed by atoms with Crippen molar-refractivity contribution in [2.24, 2.45) is 0 Å². The molecule has 0 spiro atoms. The summed E-state index contributed by atoms with van der Waals surface area (Å²) in [4.78, 5) is 26.4. The van der Waals surface area contributed by atoms with Crippen LogP contribution in [-0.4, -0.2) is 60.3 Å². The second kappa shape index (κ2) is 11.0. The number of aromatic nitrogens is 7. The first kappa shape index (κ1) is 25.8. The molecule has 1 aliphatic rings. The number of imidazole rings is 1. The Bertz CT molecular complexity index is 1730. The summed E-state index contributed by atoms with van der Waals surface area (Å²) in [6.07, 6.45) is 5.97. The Morgan fingerprint density at radius 1 is 0.976 bits per heavy atom. The molecule has 0 amide bonds. The quantitative estimate of drug-likeness (QED) is 0.302. The van der Waals surface area contributed by atoms with Crippen LogP contribution >= 0.6 is 0 Å². The fourth-order valence-electron chi connectivity index (χ4n) is 4.75. The molecule has 0 bridgehead atoms. The van der Waals surface area contributed by atoms with E-state index in [0.29, 0.717) is 58.7 Å². The zero-order valence-corrected chi connectivity index (χ0v) is 21.5. The molecule has 12 nitrogen and oxygen atoms in total. The Kier molecular flexibility index (Phi) is 6.90. The Morgan fingerprint density at radius 2 is 1.80 bits per heavy atom. The summed E-state index contributed by atoms with van der Waals surface area (Å²) in [6.45, 7) is -1.60. The van der Waals surface area contributed by atoms with E-state index in [4.69, 9.17) is 21.0 Å². The maximum Gasteiger partial charge on any atom is 0.387 e. The molecule has 0 radical (unpaired) electrons. The number of hydrogen-bond acceptors (Lipinski definition) is 11. The first-order valence-electron chi connectivity index (χ1n) is 12.7. The number of nitrogen functional groups attached to an aromatic ring is 1. The van der Waals surface area contributed by atoms with E-state index in [-0.39, 0.29) is 17.6 Å². The molecule has 1 saturated heterocycles. The molecule has 1 aliphatic heterocycles. The van der Waals surface area contributed by atoms with Gasteiger partial charge in [-0.3, -0.25) is 4.98 Å². The number of anilines is 2. The summed E-state index contributed by atoms with van der Waals surface area (Å²) < 4.78 is 31.5. The predicted molar refractivity (Wildman–Crippen MR) is 146 cm³/mol. The Hall–Kier alpha value is -5.45. The normalized spacial score (nSPS) is 13.9. The molecule has 0 atom stereocenters. The highest BCUT2D eigenvalue weighted by Crippen LogP contribution is 2.30. The first-order chi connectivity index (χ1) is 20.0. The van der Waals surface area contributed by atoms with Crippen LogP contribution in [0.3, 0.4) is 0 Å². The molecule has 6 heterocycles. The maximum atomic E-state index is 12.6. The van der Waals surface area contributed by atoms with Gasteiger partial charge in [0.25, 0.3) is 0 Å². The van der Waals surface area contributed by atoms with Gasteiger partial charge >= 0.3 is 6.61 Å². The van der Waals surface area contributed by atoms with Crippen LogP contribution in [0.1, 0.15) is 18.7 Å². The Balaban J connectivity index is 1.33. The highest BCUT2D eigenvalue weighted by atomic mass is 19.3. The van der Waals surface area contributed by atoms with Crippen LogP contribution in [-0.2, 0) is 0 Å². The topological polar surface area (TPSA) is 157 Å². The van der Waals surface area contributed by atoms with Gasteiger partial charge in [0.15, 0.2) is 11.5 Å². The molecule has 1 fully saturated rings. The van der Waals surface area contributed by atoms with E-state index in [2.05, 4.69) is 35.0 Å². The molecule has 0 aromatic carbocycles. The number of hydrogen-bond donors (Lipinski definition) is 2. The summed E-state index contributed by atoms with van der Waals surface area (Å²) in [5, 5.41) is 14.6. The molecule has 0 unspecified atom stereocenters. The van der Waals surface area contributed by atoms with E-state index < -0.39 is 6.61 Å². The van der Waals surface area contributed by atoms with Crippen molar-refractivity contribution in [3.8, 4) is 34.6 Å². The average molecular weight is 556 g/mol. The van der Waals surface area contributed by atoms with Crippen molar-refractivity contribution in [3.63, 3.8) is 0 Å². The fraction of sp³-hybridized carbons (Fsp3) is 0.222. The number of nitrogens with two attached hydrogens (primary N) is 1. The van der Waals surface area contributed by atoms with Crippen LogP contribution < -0.4 is 20.8 Å². The lowest BCUT2D eigenvalue weighted by Gasteiger charge is -2.35. The van der Waals surface area contributed by atoms with Crippen LogP contribution in [0.2, 0.25) is 0 Å². The minimum Gasteiger partial charge on any atom is -0.433 e. The van der Waals surface area contributed by atoms with E-state index in [0.717, 1.165) is 12.8 Å². The van der Waals surface area contributed by atoms with Gasteiger partial charge in [-0.15, -0.1) is 0 Å². The number of rotatable bonds is 7. The first-order valence-corrected chi connectivity index (χ1v) is 12.7. The van der Waals surface area contributed by atoms with Crippen molar-refractivity contribution in [2.45, 2.75) is 25.5 Å². The van der Waals surface area contributed by atoms with Crippen molar-refractivity contribution < 1.29 is 13.5 Å². The van der Waals surface area contributed by atoms with Crippen molar-refractivity contribution in [1.82, 2.24) is 34.6 Å². The number of alkyl halides is 2. The van der Waals surface area contributed by atoms with Gasteiger partial charge in [-0.25, -0.2) is 29.6 Å². The summed E-state index contributed by atoms with van der Waals surface area (Å²) in [5.41, 5.74) is 9.20. The molecule has 41 heavy (non-hydrogen) atoms. The molecule has 3 N–H and O–H groups in total. The van der Waals surface area contributed by atoms with Crippen LogP contribution in [0.5, 0.6) is 5.75 Å². The molecular formula is C27H23F2N11O. The predicted octanol–water partition coefficient (Wildman–Crippen LogP) is 3.61. The molecule has 5 aromatic heterocycles. The SMILES string of the molecule is N#Cc1nccc(NC2CCN(n3c(-c4cccnc4N)nc4ccc(-c5ccc(OC(F)F)cn5)nc43)CC2)n1. The highest BCUT2D eigenvalue weighted by Gasteiger charge is 2.26. The molecular weight excluding hydrogens is 532 g/mol. The summed E-state index contributed by atoms with van der Waals surface area (Å²) >= 11 is 0. The lowest BCUT2D eigenvalue weighted by Crippen LogP contribution is -2.45. The number of nitrogens with zero attached hydrogens (tertiary/aromatic N) is 9. The third-order valence-electron chi connectivity index (χ3n) is 6.65. The molecule has 206 valence electrons. The van der Waals surface area contributed by atoms with E-state index >= 15 is 0 Å². The van der Waals surface area contributed by atoms with Crippen LogP contribution in [0.15, 0.2) is 61.1 Å². The van der Waals surface area contributed by atoms with Crippen molar-refractivity contribution in [1.29, 1.82) is 5.26 Å². The molecule has 0 saturated carbocycles. The van der Waals surface area contributed by atoms with E-state index in [1.54, 1.807) is 36.7 Å². The van der Waals surface area contributed by atoms with Gasteiger partial charge in [-0.05, 0) is 55.3 Å². The fourth-order valence-corrected chi connectivity index (χ4v) is 4.75. The zero-order valence-electron chi connectivity index (χ0n) is 21.5. The summed E-state index contributed by atoms with van der Waals surface area (Å²) in [6, 6.07) is 14.1. The Labute approximate surface area is 232 Å². The van der Waals surface area contributed by atoms with Gasteiger partial charge in [0.2, 0.25) is 5.82 Å². The van der Waals surface area contributed by atoms with Crippen LogP contribution in [0, 0.1) is 11.3 Å². The van der Waals surface area contributed by atoms with Gasteiger partial charge in [-0.1, -0.05) is 0 Å². The Morgan fingerprint density at radius 3 is 2.54 bits per heavy atom. The van der Waals surface area contributed by atoms with Gasteiger partial charge in [-0.2, -0.15) is 14.0 Å². The largest absolute Gasteiger partial charge is 0.433 e. The van der Waals surface area contributed by atoms with Crippen molar-refractivity contribution in [3.05, 3.63) is 66.9 Å². The number of ether oxygens (including phenoxy) is 1. The second-order valence-electron chi connectivity index (χ2n) is 9.23. The van der Waals surface area contributed by atoms with E-state index in [1.807, 2.05) is 22.9 Å². The van der Waals surface area contributed by atoms with Crippen molar-refractivity contribution in [2.75, 3.05) is 29.1 Å². The number of nitrogens with one attached hydrogen (secondary N) is 1. The lowest BCUT2D eigenvalue weighted by molar-refractivity contribution is -0.0500. The van der Waals surface area contributed by atoms with E-state index in [1.165, 1.54) is 12.3 Å². The number of pyridine rings is 3. The second-order valence-corrected chi connectivity index (χ2v) is 9.23. The summed E-state index contributed by atoms with van der Waals surface area (Å²) in [7, 11) is 0. The van der Waals surface area contributed by atoms with Crippen LogP contribution in [0.4, 0.5) is 20.4 Å². The minimum atomic E-state index is -2.93. The minimum absolute atomic E-state index is 0.0356. The molecule has 5 aromatic rings. The van der Waals surface area contributed by atoms with Gasteiger partial charge < -0.3 is 20.8 Å². The molecule has 14 heteroatoms. The van der Waals surface area contributed by atoms with Gasteiger partial charge in [0.1, 0.15) is 29.0 Å². The van der Waals surface area contributed by atoms with Crippen LogP contribution in [0.25, 0.3) is 33.9 Å². The molecule has 6 rings (SSSR count). The monoisotopic (exact) mass is 555 g/mol. The van der Waals surface area contributed by atoms with Gasteiger partial charge in [0.05, 0.1) is 23.1 Å². The highest BCUT2D eigenvalue weighted by molar-refractivity contribution is 5.82. The average Bonchev–Trinajstić information content (AvgIpc) is 3.36. The molecule has 0 aliphatic carbocycles. The smallest absolute Gasteiger partial charge is 0.387 e. The third kappa shape index (κ3) is 5.37. The maximum absolute atomic E-state index is 12.6. The standard InChI is InChI=1S/C27H23F2N11O/c28-27(29)41-17-3-4-19(34-15-17)20-5-6-21-26(36-20)40(25(37-21)18-2-1-10-33-24(18)31)39-12-8-16(9-13-39)35-22-7-11-32-23(14-30)38-22/h1-7,10-11,15-16,27H,8-9,12-13H2,(H2,31,33)(H,32,35,38).